The van der Waals surface area contributed by atoms with Crippen LogP contribution >= 0.6 is 0 Å². The van der Waals surface area contributed by atoms with Gasteiger partial charge >= 0.3 is 0 Å². The van der Waals surface area contributed by atoms with Crippen LogP contribution in [-0.2, 0) is 0 Å². The summed E-state index contributed by atoms with van der Waals surface area (Å²) in [5, 5.41) is 19.3. The second-order valence-electron chi connectivity index (χ2n) is 11.0. The van der Waals surface area contributed by atoms with Crippen LogP contribution in [0.2, 0.25) is 0 Å². The molecule has 7 aromatic rings. The average molecular weight is 584 g/mol. The Morgan fingerprint density at radius 3 is 0.756 bits per heavy atom. The zero-order valence-electron chi connectivity index (χ0n) is 24.6. The third-order valence-corrected chi connectivity index (χ3v) is 7.85. The highest BCUT2D eigenvalue weighted by molar-refractivity contribution is 5.73. The largest absolute Gasteiger partial charge is 0.508 e. The predicted molar refractivity (Wildman–Crippen MR) is 181 cm³/mol. The molecule has 216 valence electrons. The van der Waals surface area contributed by atoms with E-state index in [4.69, 9.17) is 15.0 Å². The molecule has 6 aromatic carbocycles. The number of phenols is 2. The SMILES string of the molecule is Cc1ccc(-c2ccc(-c3nc(-c4ccc(-c5ccc(O)cc5)cc4)nc(-c4ccc(-c5ccc(O)cc5)cc4)n3)cc2)cc1. The fraction of sp³-hybridized carbons (Fsp3) is 0.0250. The van der Waals surface area contributed by atoms with Crippen LogP contribution in [0, 0.1) is 6.92 Å². The van der Waals surface area contributed by atoms with Gasteiger partial charge in [-0.05, 0) is 64.6 Å². The molecule has 0 bridgehead atoms. The van der Waals surface area contributed by atoms with Crippen LogP contribution in [0.15, 0.2) is 146 Å². The summed E-state index contributed by atoms with van der Waals surface area (Å²) < 4.78 is 0. The van der Waals surface area contributed by atoms with Gasteiger partial charge < -0.3 is 10.2 Å². The molecule has 1 aromatic heterocycles. The van der Waals surface area contributed by atoms with Crippen LogP contribution in [0.25, 0.3) is 67.5 Å². The van der Waals surface area contributed by atoms with Crippen molar-refractivity contribution in [1.29, 1.82) is 0 Å². The van der Waals surface area contributed by atoms with Gasteiger partial charge in [0.25, 0.3) is 0 Å². The molecular formula is C40H29N3O2. The van der Waals surface area contributed by atoms with Crippen molar-refractivity contribution in [3.8, 4) is 79.0 Å². The van der Waals surface area contributed by atoms with Crippen molar-refractivity contribution >= 4 is 0 Å². The normalized spacial score (nSPS) is 11.0. The average Bonchev–Trinajstić information content (AvgIpc) is 3.09. The number of aromatic nitrogens is 3. The third-order valence-electron chi connectivity index (χ3n) is 7.85. The van der Waals surface area contributed by atoms with Gasteiger partial charge in [-0.15, -0.1) is 0 Å². The summed E-state index contributed by atoms with van der Waals surface area (Å²) >= 11 is 0. The molecule has 5 heteroatoms. The number of benzene rings is 6. The summed E-state index contributed by atoms with van der Waals surface area (Å²) in [5.41, 5.74) is 10.3. The van der Waals surface area contributed by atoms with Crippen molar-refractivity contribution in [3.05, 3.63) is 151 Å². The Morgan fingerprint density at radius 2 is 0.489 bits per heavy atom. The Balaban J connectivity index is 1.27. The van der Waals surface area contributed by atoms with Crippen molar-refractivity contribution in [2.24, 2.45) is 0 Å². The minimum atomic E-state index is 0.239. The Hall–Kier alpha value is -6.07. The van der Waals surface area contributed by atoms with Crippen molar-refractivity contribution in [3.63, 3.8) is 0 Å². The van der Waals surface area contributed by atoms with E-state index >= 15 is 0 Å². The molecule has 1 heterocycles. The molecule has 0 atom stereocenters. The van der Waals surface area contributed by atoms with Gasteiger partial charge in [0.15, 0.2) is 17.5 Å². The molecule has 0 unspecified atom stereocenters. The van der Waals surface area contributed by atoms with Crippen LogP contribution in [0.4, 0.5) is 0 Å². The van der Waals surface area contributed by atoms with Crippen molar-refractivity contribution < 1.29 is 10.2 Å². The highest BCUT2D eigenvalue weighted by Gasteiger charge is 2.13. The summed E-state index contributed by atoms with van der Waals surface area (Å²) in [4.78, 5) is 14.8. The Bertz CT molecular complexity index is 1810. The first-order valence-electron chi connectivity index (χ1n) is 14.7. The van der Waals surface area contributed by atoms with E-state index in [2.05, 4.69) is 55.5 Å². The number of rotatable bonds is 6. The van der Waals surface area contributed by atoms with E-state index in [9.17, 15) is 10.2 Å². The maximum absolute atomic E-state index is 9.67. The van der Waals surface area contributed by atoms with Gasteiger partial charge in [0.1, 0.15) is 11.5 Å². The molecule has 0 aliphatic heterocycles. The highest BCUT2D eigenvalue weighted by atomic mass is 16.3. The number of aromatic hydroxyl groups is 2. The summed E-state index contributed by atoms with van der Waals surface area (Å²) in [5.74, 6) is 2.23. The van der Waals surface area contributed by atoms with Crippen LogP contribution in [0.1, 0.15) is 5.56 Å². The van der Waals surface area contributed by atoms with Crippen LogP contribution < -0.4 is 0 Å². The molecule has 0 aliphatic carbocycles. The van der Waals surface area contributed by atoms with Gasteiger partial charge in [-0.1, -0.05) is 127 Å². The van der Waals surface area contributed by atoms with Crippen molar-refractivity contribution in [2.45, 2.75) is 6.92 Å². The molecule has 0 saturated heterocycles. The Labute approximate surface area is 261 Å². The fourth-order valence-electron chi connectivity index (χ4n) is 5.25. The number of hydrogen-bond acceptors (Lipinski definition) is 5. The molecule has 2 N–H and O–H groups in total. The van der Waals surface area contributed by atoms with E-state index < -0.39 is 0 Å². The minimum Gasteiger partial charge on any atom is -0.508 e. The lowest BCUT2D eigenvalue weighted by molar-refractivity contribution is 0.475. The van der Waals surface area contributed by atoms with Crippen LogP contribution in [-0.4, -0.2) is 25.2 Å². The lowest BCUT2D eigenvalue weighted by Gasteiger charge is -2.10. The molecule has 0 amide bonds. The smallest absolute Gasteiger partial charge is 0.164 e. The van der Waals surface area contributed by atoms with Gasteiger partial charge in [-0.2, -0.15) is 0 Å². The summed E-state index contributed by atoms with van der Waals surface area (Å²) in [6.45, 7) is 2.09. The molecule has 0 saturated carbocycles. The first-order valence-corrected chi connectivity index (χ1v) is 14.7. The zero-order valence-corrected chi connectivity index (χ0v) is 24.6. The van der Waals surface area contributed by atoms with E-state index in [-0.39, 0.29) is 11.5 Å². The summed E-state index contributed by atoms with van der Waals surface area (Å²) in [7, 11) is 0. The van der Waals surface area contributed by atoms with Gasteiger partial charge in [0, 0.05) is 16.7 Å². The molecule has 0 aliphatic rings. The Kier molecular flexibility index (Phi) is 7.34. The fourth-order valence-corrected chi connectivity index (χ4v) is 5.25. The Morgan fingerprint density at radius 1 is 0.289 bits per heavy atom. The van der Waals surface area contributed by atoms with E-state index in [1.165, 1.54) is 5.56 Å². The van der Waals surface area contributed by atoms with Gasteiger partial charge in [0.2, 0.25) is 0 Å². The lowest BCUT2D eigenvalue weighted by Crippen LogP contribution is -2.00. The zero-order chi connectivity index (χ0) is 30.8. The summed E-state index contributed by atoms with van der Waals surface area (Å²) in [6.07, 6.45) is 0. The van der Waals surface area contributed by atoms with Gasteiger partial charge in [-0.25, -0.2) is 15.0 Å². The van der Waals surface area contributed by atoms with Crippen LogP contribution in [0.5, 0.6) is 11.5 Å². The van der Waals surface area contributed by atoms with Crippen LogP contribution in [0.3, 0.4) is 0 Å². The third kappa shape index (κ3) is 6.05. The molecule has 7 rings (SSSR count). The van der Waals surface area contributed by atoms with E-state index in [0.29, 0.717) is 17.5 Å². The minimum absolute atomic E-state index is 0.239. The number of hydrogen-bond donors (Lipinski definition) is 2. The monoisotopic (exact) mass is 583 g/mol. The summed E-state index contributed by atoms with van der Waals surface area (Å²) in [6, 6.07) is 47.3. The van der Waals surface area contributed by atoms with E-state index in [1.54, 1.807) is 24.3 Å². The van der Waals surface area contributed by atoms with Crippen molar-refractivity contribution in [1.82, 2.24) is 15.0 Å². The standard InChI is InChI=1S/C40H29N3O2/c1-26-2-4-27(5-3-26)28-6-12-33(13-7-28)38-41-39(34-14-8-29(9-15-34)31-18-22-36(44)23-19-31)43-40(42-38)35-16-10-30(11-17-35)32-20-24-37(45)25-21-32/h2-25,44-45H,1H3. The van der Waals surface area contributed by atoms with E-state index in [0.717, 1.165) is 50.1 Å². The quantitative estimate of drug-likeness (QED) is 0.204. The number of aryl methyl sites for hydroxylation is 1. The highest BCUT2D eigenvalue weighted by Crippen LogP contribution is 2.30. The first kappa shape index (κ1) is 27.7. The van der Waals surface area contributed by atoms with Gasteiger partial charge in [0.05, 0.1) is 0 Å². The maximum atomic E-state index is 9.67. The first-order chi connectivity index (χ1) is 22.0. The molecule has 0 radical (unpaired) electrons. The predicted octanol–water partition coefficient (Wildman–Crippen LogP) is 9.59. The second-order valence-corrected chi connectivity index (χ2v) is 11.0. The number of nitrogens with zero attached hydrogens (tertiary/aromatic N) is 3. The molecule has 45 heavy (non-hydrogen) atoms. The van der Waals surface area contributed by atoms with Crippen molar-refractivity contribution in [2.75, 3.05) is 0 Å². The lowest BCUT2D eigenvalue weighted by atomic mass is 10.0. The molecule has 5 nitrogen and oxygen atoms in total. The maximum Gasteiger partial charge on any atom is 0.164 e. The molecule has 0 spiro atoms. The van der Waals surface area contributed by atoms with Gasteiger partial charge in [-0.3, -0.25) is 0 Å². The molecular weight excluding hydrogens is 554 g/mol. The second kappa shape index (κ2) is 11.9. The van der Waals surface area contributed by atoms with E-state index in [1.807, 2.05) is 72.8 Å². The molecule has 0 fully saturated rings. The topological polar surface area (TPSA) is 79.1 Å². The number of phenolic OH excluding ortho intramolecular Hbond substituents is 2.